The molecule has 14 heteroatoms. The lowest BCUT2D eigenvalue weighted by molar-refractivity contribution is -0.384. The van der Waals surface area contributed by atoms with E-state index in [0.29, 0.717) is 17.7 Å². The Bertz CT molecular complexity index is 1620. The first-order valence-corrected chi connectivity index (χ1v) is 14.5. The van der Waals surface area contributed by atoms with Gasteiger partial charge in [-0.1, -0.05) is 29.3 Å². The maximum atomic E-state index is 13.8. The van der Waals surface area contributed by atoms with Crippen molar-refractivity contribution in [2.75, 3.05) is 27.6 Å². The third-order valence-corrected chi connectivity index (χ3v) is 8.10. The summed E-state index contributed by atoms with van der Waals surface area (Å²) < 4.78 is 33.8. The van der Waals surface area contributed by atoms with Crippen LogP contribution < -0.4 is 14.5 Å². The van der Waals surface area contributed by atoms with E-state index in [4.69, 9.17) is 27.9 Å². The quantitative estimate of drug-likeness (QED) is 0.193. The minimum atomic E-state index is -4.33. The van der Waals surface area contributed by atoms with Crippen LogP contribution in [-0.4, -0.2) is 44.0 Å². The molecule has 216 valence electrons. The first-order chi connectivity index (χ1) is 19.1. The number of esters is 1. The molecule has 1 aliphatic heterocycles. The minimum absolute atomic E-state index is 0.104. The summed E-state index contributed by atoms with van der Waals surface area (Å²) in [5.74, 6) is -0.771. The smallest absolute Gasteiger partial charge is 0.327 e. The van der Waals surface area contributed by atoms with Gasteiger partial charge in [0.15, 0.2) is 0 Å². The van der Waals surface area contributed by atoms with E-state index in [1.54, 1.807) is 32.9 Å². The highest BCUT2D eigenvalue weighted by molar-refractivity contribution is 7.92. The van der Waals surface area contributed by atoms with Crippen LogP contribution in [0.1, 0.15) is 26.3 Å². The number of sulfonamides is 1. The molecule has 11 nitrogen and oxygen atoms in total. The van der Waals surface area contributed by atoms with Crippen LogP contribution in [0.3, 0.4) is 0 Å². The van der Waals surface area contributed by atoms with Gasteiger partial charge in [0, 0.05) is 40.1 Å². The number of nitro benzene ring substituents is 1. The number of halogens is 2. The predicted molar refractivity (Wildman–Crippen MR) is 156 cm³/mol. The molecule has 1 aliphatic rings. The molecule has 4 rings (SSSR count). The molecule has 1 heterocycles. The Morgan fingerprint density at radius 3 is 2.39 bits per heavy atom. The highest BCUT2D eigenvalue weighted by Gasteiger charge is 2.32. The van der Waals surface area contributed by atoms with Gasteiger partial charge < -0.3 is 10.1 Å². The molecular weight excluding hydrogens is 595 g/mol. The predicted octanol–water partition coefficient (Wildman–Crippen LogP) is 6.03. The van der Waals surface area contributed by atoms with Crippen LogP contribution in [0.4, 0.5) is 27.5 Å². The fourth-order valence-electron chi connectivity index (χ4n) is 4.25. The number of nitro groups is 1. The lowest BCUT2D eigenvalue weighted by Crippen LogP contribution is -2.39. The molecule has 0 bridgehead atoms. The Morgan fingerprint density at radius 2 is 1.76 bits per heavy atom. The van der Waals surface area contributed by atoms with Crippen molar-refractivity contribution < 1.29 is 27.7 Å². The summed E-state index contributed by atoms with van der Waals surface area (Å²) in [6.07, 6.45) is 0.398. The van der Waals surface area contributed by atoms with Crippen LogP contribution >= 0.6 is 23.2 Å². The topological polar surface area (TPSA) is 139 Å². The molecule has 0 atom stereocenters. The molecule has 0 aromatic heterocycles. The maximum Gasteiger partial charge on any atom is 0.327 e. The van der Waals surface area contributed by atoms with E-state index in [2.05, 4.69) is 5.32 Å². The number of nitrogens with zero attached hydrogens (tertiary/aromatic N) is 3. The van der Waals surface area contributed by atoms with E-state index in [9.17, 15) is 28.1 Å². The van der Waals surface area contributed by atoms with E-state index in [0.717, 1.165) is 4.31 Å². The summed E-state index contributed by atoms with van der Waals surface area (Å²) in [5.41, 5.74) is 0.594. The second-order valence-electron chi connectivity index (χ2n) is 10.2. The summed E-state index contributed by atoms with van der Waals surface area (Å²) in [6, 6.07) is 13.6. The molecule has 0 saturated heterocycles. The Labute approximate surface area is 246 Å². The van der Waals surface area contributed by atoms with Crippen molar-refractivity contribution in [3.8, 4) is 0 Å². The van der Waals surface area contributed by atoms with Crippen molar-refractivity contribution in [3.05, 3.63) is 86.4 Å². The number of rotatable bonds is 7. The van der Waals surface area contributed by atoms with Gasteiger partial charge >= 0.3 is 12.0 Å². The van der Waals surface area contributed by atoms with Crippen molar-refractivity contribution >= 4 is 68.0 Å². The lowest BCUT2D eigenvalue weighted by atomic mass is 10.1. The number of non-ortho nitro benzene ring substituents is 1. The largest absolute Gasteiger partial charge is 0.459 e. The van der Waals surface area contributed by atoms with Crippen molar-refractivity contribution in [2.45, 2.75) is 37.7 Å². The fourth-order valence-corrected chi connectivity index (χ4v) is 6.38. The molecule has 41 heavy (non-hydrogen) atoms. The number of urea groups is 1. The second-order valence-corrected chi connectivity index (χ2v) is 12.9. The van der Waals surface area contributed by atoms with Crippen molar-refractivity contribution in [2.24, 2.45) is 0 Å². The molecule has 0 spiro atoms. The first-order valence-electron chi connectivity index (χ1n) is 12.3. The van der Waals surface area contributed by atoms with Crippen molar-refractivity contribution in [1.29, 1.82) is 0 Å². The van der Waals surface area contributed by atoms with Crippen LogP contribution in [-0.2, 0) is 26.0 Å². The molecule has 2 amide bonds. The molecule has 0 fully saturated rings. The summed E-state index contributed by atoms with van der Waals surface area (Å²) in [5, 5.41) is 13.9. The van der Waals surface area contributed by atoms with E-state index >= 15 is 0 Å². The zero-order valence-electron chi connectivity index (χ0n) is 22.3. The number of amides is 2. The Balaban J connectivity index is 1.66. The number of anilines is 3. The summed E-state index contributed by atoms with van der Waals surface area (Å²) in [7, 11) is -4.33. The zero-order chi connectivity index (χ0) is 30.1. The number of hydrogen-bond donors (Lipinski definition) is 1. The number of hydrogen-bond acceptors (Lipinski definition) is 7. The third-order valence-electron chi connectivity index (χ3n) is 5.92. The van der Waals surface area contributed by atoms with E-state index in [1.807, 2.05) is 0 Å². The Morgan fingerprint density at radius 1 is 1.07 bits per heavy atom. The van der Waals surface area contributed by atoms with Gasteiger partial charge in [-0.05, 0) is 75.2 Å². The number of carbonyl (C=O) groups excluding carboxylic acids is 2. The van der Waals surface area contributed by atoms with Gasteiger partial charge in [-0.25, -0.2) is 13.2 Å². The average molecular weight is 621 g/mol. The van der Waals surface area contributed by atoms with Crippen LogP contribution in [0.2, 0.25) is 10.0 Å². The van der Waals surface area contributed by atoms with Gasteiger partial charge in [0.2, 0.25) is 0 Å². The van der Waals surface area contributed by atoms with Crippen LogP contribution in [0.15, 0.2) is 65.6 Å². The molecule has 3 aromatic carbocycles. The normalized spacial score (nSPS) is 13.0. The molecule has 1 N–H and O–H groups in total. The summed E-state index contributed by atoms with van der Waals surface area (Å²) in [4.78, 5) is 37.5. The Hall–Kier alpha value is -3.87. The van der Waals surface area contributed by atoms with Crippen molar-refractivity contribution in [3.63, 3.8) is 0 Å². The van der Waals surface area contributed by atoms with Gasteiger partial charge in [0.25, 0.3) is 15.7 Å². The van der Waals surface area contributed by atoms with E-state index in [-0.39, 0.29) is 38.5 Å². The number of ether oxygens (including phenoxy) is 1. The molecule has 0 saturated carbocycles. The first kappa shape index (κ1) is 30.1. The maximum absolute atomic E-state index is 13.8. The monoisotopic (exact) mass is 620 g/mol. The van der Waals surface area contributed by atoms with Gasteiger partial charge in [-0.15, -0.1) is 0 Å². The molecular formula is C27H26Cl2N4O7S. The van der Waals surface area contributed by atoms with Crippen LogP contribution in [0, 0.1) is 10.1 Å². The zero-order valence-corrected chi connectivity index (χ0v) is 24.6. The third kappa shape index (κ3) is 7.07. The standard InChI is InChI=1S/C27H26Cl2N4O7S/c1-27(2,3)40-25(34)16-32(41(38,39)23-13-18(28)12-19(29)14-23)21-7-8-24-17(11-21)9-10-31(24)26(35)30-20-5-4-6-22(15-20)33(36)37/h4-8,11-15H,9-10,16H2,1-3H3,(H,30,35). The van der Waals surface area contributed by atoms with Crippen LogP contribution in [0.5, 0.6) is 0 Å². The van der Waals surface area contributed by atoms with Crippen LogP contribution in [0.25, 0.3) is 0 Å². The highest BCUT2D eigenvalue weighted by Crippen LogP contribution is 2.35. The Kier molecular flexibility index (Phi) is 8.48. The number of fused-ring (bicyclic) bond motifs is 1. The minimum Gasteiger partial charge on any atom is -0.459 e. The second kappa shape index (κ2) is 11.6. The average Bonchev–Trinajstić information content (AvgIpc) is 3.29. The summed E-state index contributed by atoms with van der Waals surface area (Å²) >= 11 is 12.1. The number of benzene rings is 3. The van der Waals surface area contributed by atoms with Gasteiger partial charge in [0.05, 0.1) is 15.5 Å². The number of carbonyl (C=O) groups is 2. The number of nitrogens with one attached hydrogen (secondary N) is 1. The van der Waals surface area contributed by atoms with Gasteiger partial charge in [0.1, 0.15) is 12.1 Å². The molecule has 3 aromatic rings. The molecule has 0 radical (unpaired) electrons. The fraction of sp³-hybridized carbons (Fsp3) is 0.259. The SMILES string of the molecule is CC(C)(C)OC(=O)CN(c1ccc2c(c1)CCN2C(=O)Nc1cccc([N+](=O)[O-])c1)S(=O)(=O)c1cc(Cl)cc(Cl)c1. The summed E-state index contributed by atoms with van der Waals surface area (Å²) in [6.45, 7) is 4.66. The van der Waals surface area contributed by atoms with Gasteiger partial charge in [-0.2, -0.15) is 0 Å². The van der Waals surface area contributed by atoms with E-state index < -0.39 is 39.1 Å². The van der Waals surface area contributed by atoms with Crippen molar-refractivity contribution in [1.82, 2.24) is 0 Å². The highest BCUT2D eigenvalue weighted by atomic mass is 35.5. The molecule has 0 aliphatic carbocycles. The van der Waals surface area contributed by atoms with E-state index in [1.165, 1.54) is 53.4 Å². The molecule has 0 unspecified atom stereocenters. The van der Waals surface area contributed by atoms with Gasteiger partial charge in [-0.3, -0.25) is 24.1 Å². The lowest BCUT2D eigenvalue weighted by Gasteiger charge is -2.27.